The fourth-order valence-corrected chi connectivity index (χ4v) is 0.491. The largest absolute Gasteiger partial charge is 0.406 e. The minimum absolute atomic E-state index is 0.449. The van der Waals surface area contributed by atoms with Crippen molar-refractivity contribution in [2.45, 2.75) is 6.55 Å². The Labute approximate surface area is 54.4 Å². The van der Waals surface area contributed by atoms with Crippen LogP contribution in [0.3, 0.4) is 0 Å². The van der Waals surface area contributed by atoms with Gasteiger partial charge in [0, 0.05) is 7.11 Å². The monoisotopic (exact) mass is 158 g/mol. The first-order valence-corrected chi connectivity index (χ1v) is 6.08. The Balaban J connectivity index is 3.36. The molecule has 0 bridgehead atoms. The lowest BCUT2D eigenvalue weighted by Gasteiger charge is -2.10. The summed E-state index contributed by atoms with van der Waals surface area (Å²) in [5.74, 6) is 0. The molecule has 1 nitrogen and oxygen atoms in total. The number of halogens is 2. The quantitative estimate of drug-likeness (QED) is 0.338. The molecule has 0 aromatic carbocycles. The van der Waals surface area contributed by atoms with Gasteiger partial charge in [0.25, 0.3) is 0 Å². The van der Waals surface area contributed by atoms with E-state index in [1.54, 1.807) is 7.11 Å². The summed E-state index contributed by atoms with van der Waals surface area (Å²) in [6.45, 7) is 1.85. The van der Waals surface area contributed by atoms with Crippen molar-refractivity contribution in [3.05, 3.63) is 0 Å². The highest BCUT2D eigenvalue weighted by molar-refractivity contribution is 7.18. The van der Waals surface area contributed by atoms with Crippen molar-refractivity contribution < 1.29 is 4.43 Å². The smallest absolute Gasteiger partial charge is 0.301 e. The summed E-state index contributed by atoms with van der Waals surface area (Å²) in [6.07, 6.45) is 0. The van der Waals surface area contributed by atoms with E-state index in [1.165, 1.54) is 0 Å². The van der Waals surface area contributed by atoms with Gasteiger partial charge >= 0.3 is 7.63 Å². The van der Waals surface area contributed by atoms with Gasteiger partial charge in [-0.1, -0.05) is 0 Å². The van der Waals surface area contributed by atoms with Gasteiger partial charge in [0.1, 0.15) is 0 Å². The van der Waals surface area contributed by atoms with Crippen molar-refractivity contribution in [1.29, 1.82) is 0 Å². The molecule has 0 radical (unpaired) electrons. The molecular formula is C3H8Cl2OSi. The Hall–Kier alpha value is 0.757. The first-order valence-electron chi connectivity index (χ1n) is 1.92. The van der Waals surface area contributed by atoms with Gasteiger partial charge < -0.3 is 4.43 Å². The molecule has 0 N–H and O–H groups in total. The van der Waals surface area contributed by atoms with Gasteiger partial charge in [-0.05, 0) is 6.55 Å². The minimum Gasteiger partial charge on any atom is -0.406 e. The van der Waals surface area contributed by atoms with Crippen LogP contribution in [0, 0.1) is 0 Å². The molecular weight excluding hydrogens is 151 g/mol. The van der Waals surface area contributed by atoms with Crippen molar-refractivity contribution in [2.75, 3.05) is 12.6 Å². The third-order valence-corrected chi connectivity index (χ3v) is 4.80. The molecule has 0 aliphatic heterocycles. The van der Waals surface area contributed by atoms with Crippen LogP contribution >= 0.6 is 22.7 Å². The van der Waals surface area contributed by atoms with Gasteiger partial charge in [-0.3, -0.25) is 0 Å². The minimum atomic E-state index is -1.91. The topological polar surface area (TPSA) is 9.23 Å². The highest BCUT2D eigenvalue weighted by atomic mass is 35.6. The van der Waals surface area contributed by atoms with Crippen LogP contribution in [-0.2, 0) is 4.43 Å². The van der Waals surface area contributed by atoms with Crippen molar-refractivity contribution in [1.82, 2.24) is 0 Å². The van der Waals surface area contributed by atoms with E-state index in [-0.39, 0.29) is 0 Å². The lowest BCUT2D eigenvalue weighted by molar-refractivity contribution is 0.421. The second-order valence-electron chi connectivity index (χ2n) is 1.44. The Morgan fingerprint density at radius 1 is 1.71 bits per heavy atom. The normalized spacial score (nSPS) is 18.9. The van der Waals surface area contributed by atoms with Crippen molar-refractivity contribution in [2.24, 2.45) is 0 Å². The Morgan fingerprint density at radius 2 is 2.14 bits per heavy atom. The molecule has 0 heterocycles. The molecule has 0 saturated carbocycles. The molecule has 4 heteroatoms. The summed E-state index contributed by atoms with van der Waals surface area (Å²) < 4.78 is 4.86. The van der Waals surface area contributed by atoms with Gasteiger partial charge in [-0.25, -0.2) is 0 Å². The fourth-order valence-electron chi connectivity index (χ4n) is 0.0546. The SMILES string of the molecule is CO[Si](C)(Cl)CCl. The Morgan fingerprint density at radius 3 is 2.14 bits per heavy atom. The molecule has 0 saturated heterocycles. The van der Waals surface area contributed by atoms with Crippen LogP contribution in [0.1, 0.15) is 0 Å². The van der Waals surface area contributed by atoms with Gasteiger partial charge in [0.05, 0.1) is 5.50 Å². The van der Waals surface area contributed by atoms with Crippen LogP contribution in [0.2, 0.25) is 6.55 Å². The number of alkyl halides is 1. The third kappa shape index (κ3) is 3.35. The van der Waals surface area contributed by atoms with Gasteiger partial charge in [0.2, 0.25) is 0 Å². The molecule has 0 spiro atoms. The summed E-state index contributed by atoms with van der Waals surface area (Å²) in [7, 11) is -0.329. The molecule has 1 atom stereocenters. The lowest BCUT2D eigenvalue weighted by Crippen LogP contribution is -2.27. The van der Waals surface area contributed by atoms with Gasteiger partial charge in [-0.15, -0.1) is 22.7 Å². The van der Waals surface area contributed by atoms with Crippen LogP contribution in [-0.4, -0.2) is 20.2 Å². The van der Waals surface area contributed by atoms with Crippen molar-refractivity contribution in [3.63, 3.8) is 0 Å². The van der Waals surface area contributed by atoms with Crippen LogP contribution in [0.4, 0.5) is 0 Å². The highest BCUT2D eigenvalue weighted by Gasteiger charge is 2.22. The summed E-state index contributed by atoms with van der Waals surface area (Å²) >= 11 is 11.1. The maximum absolute atomic E-state index is 5.69. The number of hydrogen-bond acceptors (Lipinski definition) is 1. The molecule has 0 fully saturated rings. The zero-order valence-corrected chi connectivity index (χ0v) is 6.88. The Kier molecular flexibility index (Phi) is 3.24. The number of rotatable bonds is 2. The predicted molar refractivity (Wildman–Crippen MR) is 35.2 cm³/mol. The summed E-state index contributed by atoms with van der Waals surface area (Å²) in [5, 5.41) is 0. The average Bonchev–Trinajstić information content (AvgIpc) is 1.68. The first-order chi connectivity index (χ1) is 3.12. The molecule has 1 unspecified atom stereocenters. The Bertz CT molecular complexity index is 50.9. The fraction of sp³-hybridized carbons (Fsp3) is 1.00. The van der Waals surface area contributed by atoms with Crippen LogP contribution in [0.25, 0.3) is 0 Å². The van der Waals surface area contributed by atoms with Crippen LogP contribution in [0.5, 0.6) is 0 Å². The molecule has 0 aromatic rings. The van der Waals surface area contributed by atoms with Crippen LogP contribution in [0.15, 0.2) is 0 Å². The third-order valence-electron chi connectivity index (χ3n) is 0.664. The molecule has 44 valence electrons. The van der Waals surface area contributed by atoms with E-state index in [9.17, 15) is 0 Å². The first kappa shape index (κ1) is 7.76. The average molecular weight is 159 g/mol. The van der Waals surface area contributed by atoms with E-state index >= 15 is 0 Å². The molecule has 0 amide bonds. The molecule has 0 aliphatic carbocycles. The van der Waals surface area contributed by atoms with Crippen LogP contribution < -0.4 is 0 Å². The van der Waals surface area contributed by atoms with E-state index in [2.05, 4.69) is 0 Å². The van der Waals surface area contributed by atoms with E-state index in [1.807, 2.05) is 6.55 Å². The van der Waals surface area contributed by atoms with Crippen molar-refractivity contribution >= 4 is 30.3 Å². The molecule has 7 heavy (non-hydrogen) atoms. The molecule has 0 rings (SSSR count). The maximum atomic E-state index is 5.69. The number of hydrogen-bond donors (Lipinski definition) is 0. The molecule has 0 aromatic heterocycles. The van der Waals surface area contributed by atoms with E-state index in [0.29, 0.717) is 5.50 Å². The maximum Gasteiger partial charge on any atom is 0.301 e. The summed E-state index contributed by atoms with van der Waals surface area (Å²) in [4.78, 5) is 0. The van der Waals surface area contributed by atoms with Gasteiger partial charge in [0.15, 0.2) is 0 Å². The predicted octanol–water partition coefficient (Wildman–Crippen LogP) is 1.72. The van der Waals surface area contributed by atoms with E-state index < -0.39 is 7.63 Å². The highest BCUT2D eigenvalue weighted by Crippen LogP contribution is 2.09. The second-order valence-corrected chi connectivity index (χ2v) is 7.52. The zero-order chi connectivity index (χ0) is 5.91. The van der Waals surface area contributed by atoms with E-state index in [4.69, 9.17) is 27.1 Å². The second kappa shape index (κ2) is 2.92. The zero-order valence-electron chi connectivity index (χ0n) is 4.37. The van der Waals surface area contributed by atoms with Gasteiger partial charge in [-0.2, -0.15) is 0 Å². The lowest BCUT2D eigenvalue weighted by atomic mass is 11.8. The summed E-state index contributed by atoms with van der Waals surface area (Å²) in [5.41, 5.74) is 0.449. The standard InChI is InChI=1S/C3H8Cl2OSi/c1-6-7(2,5)3-4/h3H2,1-2H3. The summed E-state index contributed by atoms with van der Waals surface area (Å²) in [6, 6.07) is 0. The van der Waals surface area contributed by atoms with Crippen molar-refractivity contribution in [3.8, 4) is 0 Å². The van der Waals surface area contributed by atoms with E-state index in [0.717, 1.165) is 0 Å². The molecule has 0 aliphatic rings.